The number of esters is 1. The second-order valence-corrected chi connectivity index (χ2v) is 5.64. The van der Waals surface area contributed by atoms with Crippen molar-refractivity contribution in [1.29, 1.82) is 0 Å². The van der Waals surface area contributed by atoms with Gasteiger partial charge in [-0.15, -0.1) is 0 Å². The number of aliphatic hydroxyl groups is 1. The predicted octanol–water partition coefficient (Wildman–Crippen LogP) is 1.90. The Balaban J connectivity index is 2.27. The van der Waals surface area contributed by atoms with Crippen molar-refractivity contribution >= 4 is 5.97 Å². The van der Waals surface area contributed by atoms with E-state index >= 15 is 0 Å². The van der Waals surface area contributed by atoms with Gasteiger partial charge in [0.2, 0.25) is 0 Å². The van der Waals surface area contributed by atoms with E-state index in [1.165, 1.54) is 7.11 Å². The molecule has 0 aromatic heterocycles. The average molecular weight is 224 g/mol. The molecule has 1 N–H and O–H groups in total. The maximum atomic E-state index is 11.7. The van der Waals surface area contributed by atoms with Gasteiger partial charge >= 0.3 is 5.97 Å². The lowest BCUT2D eigenvalue weighted by molar-refractivity contribution is -0.137. The number of allylic oxidation sites excluding steroid dienone is 1. The van der Waals surface area contributed by atoms with Crippen LogP contribution >= 0.6 is 0 Å². The Morgan fingerprint density at radius 2 is 2.25 bits per heavy atom. The van der Waals surface area contributed by atoms with Gasteiger partial charge in [-0.3, -0.25) is 0 Å². The van der Waals surface area contributed by atoms with Crippen LogP contribution in [-0.4, -0.2) is 24.3 Å². The summed E-state index contributed by atoms with van der Waals surface area (Å²) in [6, 6.07) is 0. The lowest BCUT2D eigenvalue weighted by Gasteiger charge is -2.28. The van der Waals surface area contributed by atoms with E-state index in [-0.39, 0.29) is 29.3 Å². The van der Waals surface area contributed by atoms with Gasteiger partial charge in [0.25, 0.3) is 0 Å². The van der Waals surface area contributed by atoms with Gasteiger partial charge < -0.3 is 9.84 Å². The van der Waals surface area contributed by atoms with Crippen molar-refractivity contribution in [1.82, 2.24) is 0 Å². The van der Waals surface area contributed by atoms with Crippen LogP contribution in [-0.2, 0) is 9.53 Å². The highest BCUT2D eigenvalue weighted by atomic mass is 16.5. The average Bonchev–Trinajstić information content (AvgIpc) is 2.49. The van der Waals surface area contributed by atoms with Crippen LogP contribution in [0.5, 0.6) is 0 Å². The first-order chi connectivity index (χ1) is 7.47. The molecule has 0 spiro atoms. The molecule has 2 aliphatic rings. The van der Waals surface area contributed by atoms with E-state index < -0.39 is 0 Å². The molecule has 0 unspecified atom stereocenters. The van der Waals surface area contributed by atoms with Crippen molar-refractivity contribution in [3.05, 3.63) is 11.6 Å². The molecule has 0 aliphatic heterocycles. The van der Waals surface area contributed by atoms with Crippen molar-refractivity contribution < 1.29 is 14.6 Å². The van der Waals surface area contributed by atoms with E-state index in [9.17, 15) is 9.90 Å². The Morgan fingerprint density at radius 3 is 2.88 bits per heavy atom. The van der Waals surface area contributed by atoms with Gasteiger partial charge in [0, 0.05) is 5.57 Å². The molecule has 90 valence electrons. The van der Waals surface area contributed by atoms with E-state index in [4.69, 9.17) is 4.74 Å². The molecule has 2 aliphatic carbocycles. The minimum Gasteiger partial charge on any atom is -0.466 e. The third-order valence-electron chi connectivity index (χ3n) is 4.15. The van der Waals surface area contributed by atoms with Gasteiger partial charge in [-0.2, -0.15) is 0 Å². The van der Waals surface area contributed by atoms with Crippen LogP contribution in [0.25, 0.3) is 0 Å². The highest BCUT2D eigenvalue weighted by Gasteiger charge is 2.50. The van der Waals surface area contributed by atoms with E-state index in [1.807, 2.05) is 6.08 Å². The Morgan fingerprint density at radius 1 is 1.56 bits per heavy atom. The molecule has 2 rings (SSSR count). The molecule has 0 heterocycles. The molecule has 1 fully saturated rings. The monoisotopic (exact) mass is 224 g/mol. The fraction of sp³-hybridized carbons (Fsp3) is 0.769. The standard InChI is InChI=1S/C13H20O3/c1-13(2)7-10-8(11(13)14)5-4-6-9(10)12(15)16-3/h6,8,10-11,14H,4-5,7H2,1-3H3/t8-,10-,11-/m1/s1. The molecule has 0 amide bonds. The number of hydrogen-bond acceptors (Lipinski definition) is 3. The maximum Gasteiger partial charge on any atom is 0.333 e. The van der Waals surface area contributed by atoms with Crippen LogP contribution in [0.3, 0.4) is 0 Å². The zero-order valence-corrected chi connectivity index (χ0v) is 10.2. The topological polar surface area (TPSA) is 46.5 Å². The van der Waals surface area contributed by atoms with Crippen molar-refractivity contribution in [3.63, 3.8) is 0 Å². The first kappa shape index (κ1) is 11.6. The largest absolute Gasteiger partial charge is 0.466 e. The van der Waals surface area contributed by atoms with E-state index in [0.29, 0.717) is 0 Å². The van der Waals surface area contributed by atoms with Crippen molar-refractivity contribution in [2.75, 3.05) is 7.11 Å². The van der Waals surface area contributed by atoms with Crippen molar-refractivity contribution in [2.24, 2.45) is 17.3 Å². The quantitative estimate of drug-likeness (QED) is 0.692. The molecule has 0 saturated heterocycles. The third-order valence-corrected chi connectivity index (χ3v) is 4.15. The number of hydrogen-bond donors (Lipinski definition) is 1. The smallest absolute Gasteiger partial charge is 0.333 e. The van der Waals surface area contributed by atoms with Crippen LogP contribution in [0.1, 0.15) is 33.1 Å². The molecule has 0 aromatic rings. The molecule has 0 aromatic carbocycles. The molecule has 1 saturated carbocycles. The number of carbonyl (C=O) groups is 1. The highest BCUT2D eigenvalue weighted by Crippen LogP contribution is 2.51. The first-order valence-corrected chi connectivity index (χ1v) is 5.94. The number of rotatable bonds is 1. The lowest BCUT2D eigenvalue weighted by Crippen LogP contribution is -2.30. The van der Waals surface area contributed by atoms with E-state index in [1.54, 1.807) is 0 Å². The number of carbonyl (C=O) groups excluding carboxylic acids is 1. The molecule has 0 bridgehead atoms. The SMILES string of the molecule is COC(=O)C1=CCC[C@H]2[C@@H](O)C(C)(C)C[C@@H]12. The van der Waals surface area contributed by atoms with Gasteiger partial charge in [-0.05, 0) is 36.5 Å². The van der Waals surface area contributed by atoms with Gasteiger partial charge in [0.15, 0.2) is 0 Å². The zero-order chi connectivity index (χ0) is 11.9. The Labute approximate surface area is 96.5 Å². The fourth-order valence-corrected chi connectivity index (χ4v) is 3.27. The van der Waals surface area contributed by atoms with Crippen LogP contribution < -0.4 is 0 Å². The second kappa shape index (κ2) is 3.88. The highest BCUT2D eigenvalue weighted by molar-refractivity contribution is 5.89. The summed E-state index contributed by atoms with van der Waals surface area (Å²) in [4.78, 5) is 11.7. The van der Waals surface area contributed by atoms with Crippen molar-refractivity contribution in [2.45, 2.75) is 39.2 Å². The summed E-state index contributed by atoms with van der Waals surface area (Å²) in [5.41, 5.74) is 0.690. The number of aliphatic hydroxyl groups excluding tert-OH is 1. The molecular formula is C13H20O3. The number of ether oxygens (including phenoxy) is 1. The van der Waals surface area contributed by atoms with E-state index in [2.05, 4.69) is 13.8 Å². The minimum absolute atomic E-state index is 0.0905. The molecule has 16 heavy (non-hydrogen) atoms. The van der Waals surface area contributed by atoms with Gasteiger partial charge in [-0.25, -0.2) is 4.79 Å². The summed E-state index contributed by atoms with van der Waals surface area (Å²) in [7, 11) is 1.42. The Bertz CT molecular complexity index is 330. The summed E-state index contributed by atoms with van der Waals surface area (Å²) in [5.74, 6) is 0.194. The predicted molar refractivity (Wildman–Crippen MR) is 60.7 cm³/mol. The molecule has 3 nitrogen and oxygen atoms in total. The first-order valence-electron chi connectivity index (χ1n) is 5.94. The van der Waals surface area contributed by atoms with Crippen LogP contribution in [0, 0.1) is 17.3 Å². The summed E-state index contributed by atoms with van der Waals surface area (Å²) >= 11 is 0. The van der Waals surface area contributed by atoms with Gasteiger partial charge in [0.05, 0.1) is 13.2 Å². The molecule has 3 atom stereocenters. The summed E-state index contributed by atoms with van der Waals surface area (Å²) in [5, 5.41) is 10.2. The van der Waals surface area contributed by atoms with Crippen LogP contribution in [0.2, 0.25) is 0 Å². The minimum atomic E-state index is -0.300. The molecular weight excluding hydrogens is 204 g/mol. The Kier molecular flexibility index (Phi) is 2.82. The summed E-state index contributed by atoms with van der Waals surface area (Å²) in [6.45, 7) is 4.15. The van der Waals surface area contributed by atoms with Crippen LogP contribution in [0.4, 0.5) is 0 Å². The van der Waals surface area contributed by atoms with Gasteiger partial charge in [-0.1, -0.05) is 19.9 Å². The maximum absolute atomic E-state index is 11.7. The number of fused-ring (bicyclic) bond motifs is 1. The van der Waals surface area contributed by atoms with Gasteiger partial charge in [0.1, 0.15) is 0 Å². The van der Waals surface area contributed by atoms with Crippen LogP contribution in [0.15, 0.2) is 11.6 Å². The Hall–Kier alpha value is -0.830. The fourth-order valence-electron chi connectivity index (χ4n) is 3.27. The van der Waals surface area contributed by atoms with E-state index in [0.717, 1.165) is 24.8 Å². The normalized spacial score (nSPS) is 36.5. The summed E-state index contributed by atoms with van der Waals surface area (Å²) < 4.78 is 4.81. The van der Waals surface area contributed by atoms with Crippen molar-refractivity contribution in [3.8, 4) is 0 Å². The number of methoxy groups -OCH3 is 1. The lowest BCUT2D eigenvalue weighted by atomic mass is 9.80. The molecule has 3 heteroatoms. The second-order valence-electron chi connectivity index (χ2n) is 5.64. The zero-order valence-electron chi connectivity index (χ0n) is 10.2. The third kappa shape index (κ3) is 1.67. The molecule has 0 radical (unpaired) electrons. The summed E-state index contributed by atoms with van der Waals surface area (Å²) in [6.07, 6.45) is 4.42.